The lowest BCUT2D eigenvalue weighted by Crippen LogP contribution is -2.46. The van der Waals surface area contributed by atoms with Crippen molar-refractivity contribution in [2.45, 2.75) is 26.7 Å². The number of aliphatic hydroxyl groups is 1. The van der Waals surface area contributed by atoms with Crippen molar-refractivity contribution in [2.75, 3.05) is 35.8 Å². The van der Waals surface area contributed by atoms with Crippen LogP contribution in [0.2, 0.25) is 10.3 Å². The van der Waals surface area contributed by atoms with Crippen molar-refractivity contribution in [2.24, 2.45) is 0 Å². The van der Waals surface area contributed by atoms with E-state index < -0.39 is 6.03 Å². The van der Waals surface area contributed by atoms with Gasteiger partial charge in [-0.3, -0.25) is 5.01 Å². The summed E-state index contributed by atoms with van der Waals surface area (Å²) < 4.78 is 0. The molecule has 0 aliphatic heterocycles. The van der Waals surface area contributed by atoms with Crippen LogP contribution in [0.1, 0.15) is 37.8 Å². The van der Waals surface area contributed by atoms with E-state index in [9.17, 15) is 9.90 Å². The smallest absolute Gasteiger partial charge is 0.338 e. The lowest BCUT2D eigenvalue weighted by Gasteiger charge is -2.26. The van der Waals surface area contributed by atoms with Gasteiger partial charge in [0.1, 0.15) is 16.8 Å². The Hall–Kier alpha value is -2.62. The lowest BCUT2D eigenvalue weighted by atomic mass is 9.95. The summed E-state index contributed by atoms with van der Waals surface area (Å²) in [4.78, 5) is 20.9. The van der Waals surface area contributed by atoms with Crippen LogP contribution >= 0.6 is 23.2 Å². The van der Waals surface area contributed by atoms with Gasteiger partial charge in [-0.05, 0) is 36.6 Å². The van der Waals surface area contributed by atoms with E-state index in [1.165, 1.54) is 17.1 Å². The molecular formula is C19H25Cl2N7O2. The molecule has 0 atom stereocenters. The summed E-state index contributed by atoms with van der Waals surface area (Å²) in [5.41, 5.74) is 4.92. The molecule has 162 valence electrons. The second-order valence-corrected chi connectivity index (χ2v) is 7.48. The molecule has 11 heteroatoms. The van der Waals surface area contributed by atoms with Gasteiger partial charge in [-0.1, -0.05) is 37.0 Å². The van der Waals surface area contributed by atoms with Crippen LogP contribution in [0.3, 0.4) is 0 Å². The predicted octanol–water partition coefficient (Wildman–Crippen LogP) is 3.87. The van der Waals surface area contributed by atoms with Crippen LogP contribution in [0.15, 0.2) is 18.2 Å². The van der Waals surface area contributed by atoms with Crippen molar-refractivity contribution in [3.8, 4) is 0 Å². The highest BCUT2D eigenvalue weighted by Crippen LogP contribution is 2.29. The van der Waals surface area contributed by atoms with E-state index >= 15 is 0 Å². The Kier molecular flexibility index (Phi) is 8.22. The van der Waals surface area contributed by atoms with Gasteiger partial charge < -0.3 is 21.1 Å². The van der Waals surface area contributed by atoms with E-state index in [2.05, 4.69) is 26.0 Å². The van der Waals surface area contributed by atoms with Gasteiger partial charge in [-0.15, -0.1) is 0 Å². The van der Waals surface area contributed by atoms with E-state index in [-0.39, 0.29) is 35.1 Å². The molecule has 0 aromatic carbocycles. The molecule has 0 aliphatic carbocycles. The lowest BCUT2D eigenvalue weighted by molar-refractivity contribution is 0.248. The maximum Gasteiger partial charge on any atom is 0.338 e. The van der Waals surface area contributed by atoms with Crippen molar-refractivity contribution in [1.82, 2.24) is 15.4 Å². The minimum Gasteiger partial charge on any atom is -0.394 e. The number of nitrogens with one attached hydrogen (secondary N) is 4. The number of hydrogen-bond donors (Lipinski definition) is 5. The van der Waals surface area contributed by atoms with Crippen molar-refractivity contribution in [3.05, 3.63) is 39.6 Å². The van der Waals surface area contributed by atoms with Gasteiger partial charge in [0.25, 0.3) is 0 Å². The summed E-state index contributed by atoms with van der Waals surface area (Å²) in [5, 5.41) is 24.9. The molecule has 0 aliphatic rings. The summed E-state index contributed by atoms with van der Waals surface area (Å²) in [6, 6.07) is 4.23. The van der Waals surface area contributed by atoms with Crippen LogP contribution in [-0.2, 0) is 0 Å². The number of nitrogens with zero attached hydrogens (tertiary/aromatic N) is 3. The van der Waals surface area contributed by atoms with Crippen LogP contribution in [0, 0.1) is 5.41 Å². The zero-order valence-electron chi connectivity index (χ0n) is 17.2. The van der Waals surface area contributed by atoms with Gasteiger partial charge >= 0.3 is 6.03 Å². The van der Waals surface area contributed by atoms with E-state index in [1.54, 1.807) is 20.0 Å². The van der Waals surface area contributed by atoms with Crippen LogP contribution in [0.25, 0.3) is 0 Å². The molecule has 0 saturated heterocycles. The fraction of sp³-hybridized carbons (Fsp3) is 0.368. The van der Waals surface area contributed by atoms with Crippen molar-refractivity contribution >= 4 is 52.3 Å². The van der Waals surface area contributed by atoms with Gasteiger partial charge in [0.2, 0.25) is 0 Å². The van der Waals surface area contributed by atoms with Crippen molar-refractivity contribution in [1.29, 1.82) is 5.41 Å². The van der Waals surface area contributed by atoms with Crippen molar-refractivity contribution < 1.29 is 9.90 Å². The first-order valence-corrected chi connectivity index (χ1v) is 9.99. The standard InChI is InChI=1S/C19H25Cl2N7O2/c1-10(2)12-9-15(26-18(23-4)16(12)11(3)22)28(7-8-29)27-19(30)24-13-5-6-14(20)25-17(13)21/h5-6,9-10,22,29H,7-8H2,1-4H3,(H,23,26)(H2,24,27,30). The number of rotatable bonds is 8. The second-order valence-electron chi connectivity index (χ2n) is 6.74. The number of aromatic nitrogens is 2. The number of carbonyl (C=O) groups is 1. The predicted molar refractivity (Wildman–Crippen MR) is 121 cm³/mol. The van der Waals surface area contributed by atoms with E-state index in [1.807, 2.05) is 13.8 Å². The summed E-state index contributed by atoms with van der Waals surface area (Å²) in [6.07, 6.45) is 0. The van der Waals surface area contributed by atoms with Crippen LogP contribution < -0.4 is 21.1 Å². The number of pyridine rings is 2. The average molecular weight is 454 g/mol. The third-order valence-electron chi connectivity index (χ3n) is 4.17. The van der Waals surface area contributed by atoms with Crippen LogP contribution in [0.4, 0.5) is 22.1 Å². The van der Waals surface area contributed by atoms with E-state index in [0.29, 0.717) is 22.9 Å². The number of urea groups is 1. The first-order valence-electron chi connectivity index (χ1n) is 9.24. The molecule has 9 nitrogen and oxygen atoms in total. The van der Waals surface area contributed by atoms with Gasteiger partial charge in [0.05, 0.1) is 18.8 Å². The molecule has 2 amide bonds. The Bertz CT molecular complexity index is 937. The van der Waals surface area contributed by atoms with Crippen LogP contribution in [0.5, 0.6) is 0 Å². The number of amides is 2. The van der Waals surface area contributed by atoms with E-state index in [4.69, 9.17) is 28.6 Å². The Labute approximate surface area is 185 Å². The molecule has 2 heterocycles. The number of halogens is 2. The minimum atomic E-state index is -0.597. The maximum absolute atomic E-state index is 12.5. The Morgan fingerprint density at radius 1 is 1.30 bits per heavy atom. The summed E-state index contributed by atoms with van der Waals surface area (Å²) in [7, 11) is 1.72. The maximum atomic E-state index is 12.5. The summed E-state index contributed by atoms with van der Waals surface area (Å²) >= 11 is 11.8. The molecule has 0 radical (unpaired) electrons. The molecule has 0 spiro atoms. The van der Waals surface area contributed by atoms with E-state index in [0.717, 1.165) is 5.56 Å². The molecule has 0 unspecified atom stereocenters. The molecule has 30 heavy (non-hydrogen) atoms. The molecular weight excluding hydrogens is 429 g/mol. The van der Waals surface area contributed by atoms with Gasteiger partial charge in [-0.25, -0.2) is 20.2 Å². The molecule has 0 bridgehead atoms. The average Bonchev–Trinajstić information content (AvgIpc) is 2.68. The number of hydrazine groups is 1. The fourth-order valence-corrected chi connectivity index (χ4v) is 3.22. The first-order chi connectivity index (χ1) is 14.2. The molecule has 5 N–H and O–H groups in total. The van der Waals surface area contributed by atoms with Gasteiger partial charge in [0, 0.05) is 18.3 Å². The SMILES string of the molecule is CNc1nc(N(CCO)NC(=O)Nc2ccc(Cl)nc2Cl)cc(C(C)C)c1C(C)=N. The quantitative estimate of drug-likeness (QED) is 0.234. The number of carbonyl (C=O) groups excluding carboxylic acids is 1. The molecule has 2 aromatic heterocycles. The fourth-order valence-electron chi connectivity index (χ4n) is 2.83. The highest BCUT2D eigenvalue weighted by molar-refractivity contribution is 6.34. The second kappa shape index (κ2) is 10.4. The number of aliphatic hydroxyl groups excluding tert-OH is 1. The largest absolute Gasteiger partial charge is 0.394 e. The molecule has 0 saturated carbocycles. The minimum absolute atomic E-state index is 0.0508. The molecule has 2 aromatic rings. The zero-order valence-corrected chi connectivity index (χ0v) is 18.7. The topological polar surface area (TPSA) is 126 Å². The third kappa shape index (κ3) is 5.71. The Balaban J connectivity index is 2.35. The normalized spacial score (nSPS) is 10.7. The third-order valence-corrected chi connectivity index (χ3v) is 4.67. The Morgan fingerprint density at radius 2 is 2.00 bits per heavy atom. The van der Waals surface area contributed by atoms with Crippen molar-refractivity contribution in [3.63, 3.8) is 0 Å². The van der Waals surface area contributed by atoms with Gasteiger partial charge in [0.15, 0.2) is 5.15 Å². The summed E-state index contributed by atoms with van der Waals surface area (Å²) in [6.45, 7) is 5.59. The Morgan fingerprint density at radius 3 is 2.53 bits per heavy atom. The first kappa shape index (κ1) is 23.7. The number of hydrogen-bond acceptors (Lipinski definition) is 7. The monoisotopic (exact) mass is 453 g/mol. The highest BCUT2D eigenvalue weighted by Gasteiger charge is 2.20. The molecule has 2 rings (SSSR count). The van der Waals surface area contributed by atoms with Crippen LogP contribution in [-0.4, -0.2) is 47.0 Å². The number of anilines is 3. The molecule has 0 fully saturated rings. The van der Waals surface area contributed by atoms with Gasteiger partial charge in [-0.2, -0.15) is 0 Å². The summed E-state index contributed by atoms with van der Waals surface area (Å²) in [5.74, 6) is 1.04. The highest BCUT2D eigenvalue weighted by atomic mass is 35.5. The zero-order chi connectivity index (χ0) is 22.4.